The summed E-state index contributed by atoms with van der Waals surface area (Å²) in [6.07, 6.45) is 2.98. The van der Waals surface area contributed by atoms with Crippen molar-refractivity contribution in [1.82, 2.24) is 0 Å². The second kappa shape index (κ2) is 8.84. The molecule has 0 bridgehead atoms. The van der Waals surface area contributed by atoms with E-state index in [0.29, 0.717) is 34.3 Å². The fourth-order valence-electron chi connectivity index (χ4n) is 2.59. The molecule has 144 valence electrons. The number of nitrogens with two attached hydrogens (primary N) is 1. The number of nitrogen functional groups attached to an aromatic ring is 1. The van der Waals surface area contributed by atoms with Crippen molar-refractivity contribution in [1.29, 1.82) is 0 Å². The van der Waals surface area contributed by atoms with Crippen LogP contribution >= 0.6 is 0 Å². The van der Waals surface area contributed by atoms with Crippen molar-refractivity contribution in [3.63, 3.8) is 0 Å². The Labute approximate surface area is 158 Å². The highest BCUT2D eigenvalue weighted by Gasteiger charge is 2.17. The lowest BCUT2D eigenvalue weighted by atomic mass is 10.0. The second-order valence-corrected chi connectivity index (χ2v) is 5.44. The molecular weight excluding hydrogens is 350 g/mol. The Balaban J connectivity index is 2.46. The van der Waals surface area contributed by atoms with Gasteiger partial charge in [0, 0.05) is 24.3 Å². The van der Waals surface area contributed by atoms with E-state index in [4.69, 9.17) is 29.4 Å². The van der Waals surface area contributed by atoms with Crippen LogP contribution in [0.25, 0.3) is 6.08 Å². The van der Waals surface area contributed by atoms with Gasteiger partial charge in [-0.15, -0.1) is 0 Å². The lowest BCUT2D eigenvalue weighted by Gasteiger charge is -2.13. The molecule has 0 heterocycles. The number of rotatable bonds is 8. The van der Waals surface area contributed by atoms with Crippen LogP contribution in [0.5, 0.6) is 28.7 Å². The number of anilines is 1. The quantitative estimate of drug-likeness (QED) is 0.432. The van der Waals surface area contributed by atoms with Gasteiger partial charge in [-0.3, -0.25) is 4.79 Å². The summed E-state index contributed by atoms with van der Waals surface area (Å²) in [5.41, 5.74) is 7.12. The first kappa shape index (κ1) is 20.0. The topological polar surface area (TPSA) is 89.2 Å². The Morgan fingerprint density at radius 2 is 1.26 bits per heavy atom. The predicted octanol–water partition coefficient (Wildman–Crippen LogP) is 3.21. The van der Waals surface area contributed by atoms with Gasteiger partial charge in [-0.05, 0) is 12.2 Å². The smallest absolute Gasteiger partial charge is 0.191 e. The average Bonchev–Trinajstić information content (AvgIpc) is 2.70. The van der Waals surface area contributed by atoms with Gasteiger partial charge in [-0.2, -0.15) is 0 Å². The molecule has 0 saturated heterocycles. The third-order valence-corrected chi connectivity index (χ3v) is 3.96. The summed E-state index contributed by atoms with van der Waals surface area (Å²) in [7, 11) is 7.57. The van der Waals surface area contributed by atoms with Crippen molar-refractivity contribution < 1.29 is 28.5 Å². The van der Waals surface area contributed by atoms with E-state index in [1.807, 2.05) is 0 Å². The van der Waals surface area contributed by atoms with E-state index in [1.165, 1.54) is 34.5 Å². The van der Waals surface area contributed by atoms with Crippen LogP contribution in [-0.2, 0) is 0 Å². The maximum atomic E-state index is 12.7. The van der Waals surface area contributed by atoms with Crippen molar-refractivity contribution in [2.45, 2.75) is 0 Å². The van der Waals surface area contributed by atoms with Gasteiger partial charge in [0.05, 0.1) is 52.4 Å². The third-order valence-electron chi connectivity index (χ3n) is 3.96. The van der Waals surface area contributed by atoms with Crippen LogP contribution < -0.4 is 29.4 Å². The predicted molar refractivity (Wildman–Crippen MR) is 103 cm³/mol. The maximum Gasteiger partial charge on any atom is 0.191 e. The summed E-state index contributed by atoms with van der Waals surface area (Å²) in [5.74, 6) is 2.09. The van der Waals surface area contributed by atoms with Crippen LogP contribution in [-0.4, -0.2) is 41.3 Å². The first-order valence-electron chi connectivity index (χ1n) is 8.02. The van der Waals surface area contributed by atoms with Gasteiger partial charge >= 0.3 is 0 Å². The van der Waals surface area contributed by atoms with Gasteiger partial charge in [-0.1, -0.05) is 0 Å². The van der Waals surface area contributed by atoms with Crippen molar-refractivity contribution in [3.05, 3.63) is 41.5 Å². The van der Waals surface area contributed by atoms with Gasteiger partial charge in [-0.25, -0.2) is 0 Å². The number of hydrogen-bond acceptors (Lipinski definition) is 7. The van der Waals surface area contributed by atoms with Crippen LogP contribution in [0.15, 0.2) is 30.3 Å². The normalized spacial score (nSPS) is 10.6. The molecule has 2 aromatic carbocycles. The highest BCUT2D eigenvalue weighted by Crippen LogP contribution is 2.36. The van der Waals surface area contributed by atoms with Crippen molar-refractivity contribution in [2.75, 3.05) is 41.3 Å². The number of carbonyl (C=O) groups is 1. The van der Waals surface area contributed by atoms with Crippen LogP contribution in [0.4, 0.5) is 5.69 Å². The molecule has 7 nitrogen and oxygen atoms in total. The van der Waals surface area contributed by atoms with E-state index in [0.717, 1.165) is 0 Å². The van der Waals surface area contributed by atoms with E-state index in [1.54, 1.807) is 37.5 Å². The first-order chi connectivity index (χ1) is 13.0. The Morgan fingerprint density at radius 3 is 1.74 bits per heavy atom. The summed E-state index contributed by atoms with van der Waals surface area (Å²) < 4.78 is 26.4. The molecule has 2 aromatic rings. The summed E-state index contributed by atoms with van der Waals surface area (Å²) >= 11 is 0. The molecule has 0 aromatic heterocycles. The van der Waals surface area contributed by atoms with E-state index in [2.05, 4.69) is 0 Å². The molecule has 0 aliphatic heterocycles. The molecule has 0 atom stereocenters. The first-order valence-corrected chi connectivity index (χ1v) is 8.02. The number of carbonyl (C=O) groups excluding carboxylic acids is 1. The SMILES string of the molecule is COc1cc(OC)c(/C=C/C(=O)c2c(N)cc(OC)cc2OC)c(OC)c1. The van der Waals surface area contributed by atoms with Gasteiger partial charge < -0.3 is 29.4 Å². The van der Waals surface area contributed by atoms with Crippen molar-refractivity contribution >= 4 is 17.5 Å². The summed E-state index contributed by atoms with van der Waals surface area (Å²) in [6.45, 7) is 0. The third kappa shape index (κ3) is 4.25. The van der Waals surface area contributed by atoms with E-state index in [9.17, 15) is 4.79 Å². The van der Waals surface area contributed by atoms with Crippen molar-refractivity contribution in [2.24, 2.45) is 0 Å². The fourth-order valence-corrected chi connectivity index (χ4v) is 2.59. The summed E-state index contributed by atoms with van der Waals surface area (Å²) in [4.78, 5) is 12.7. The van der Waals surface area contributed by atoms with Gasteiger partial charge in [0.1, 0.15) is 28.7 Å². The van der Waals surface area contributed by atoms with Crippen LogP contribution in [0, 0.1) is 0 Å². The number of allylic oxidation sites excluding steroid dienone is 1. The van der Waals surface area contributed by atoms with E-state index < -0.39 is 0 Å². The van der Waals surface area contributed by atoms with Crippen molar-refractivity contribution in [3.8, 4) is 28.7 Å². The molecule has 0 unspecified atom stereocenters. The second-order valence-electron chi connectivity index (χ2n) is 5.44. The molecule has 0 fully saturated rings. The van der Waals surface area contributed by atoms with Gasteiger partial charge in [0.25, 0.3) is 0 Å². The number of methoxy groups -OCH3 is 5. The van der Waals surface area contributed by atoms with Crippen LogP contribution in [0.2, 0.25) is 0 Å². The summed E-state index contributed by atoms with van der Waals surface area (Å²) in [5, 5.41) is 0. The lowest BCUT2D eigenvalue weighted by molar-refractivity contribution is 0.104. The Morgan fingerprint density at radius 1 is 0.778 bits per heavy atom. The molecule has 0 aliphatic carbocycles. The molecule has 0 saturated carbocycles. The standard InChI is InChI=1S/C20H23NO6/c1-23-12-8-15(21)20(19(11-12)27-5)16(22)7-6-14-17(25-3)9-13(24-2)10-18(14)26-4/h6-11H,21H2,1-5H3/b7-6+. The molecule has 2 N–H and O–H groups in total. The van der Waals surface area contributed by atoms with Gasteiger partial charge in [0.15, 0.2) is 5.78 Å². The summed E-state index contributed by atoms with van der Waals surface area (Å²) in [6, 6.07) is 6.58. The van der Waals surface area contributed by atoms with Crippen LogP contribution in [0.1, 0.15) is 15.9 Å². The minimum Gasteiger partial charge on any atom is -0.497 e. The Kier molecular flexibility index (Phi) is 6.54. The maximum absolute atomic E-state index is 12.7. The monoisotopic (exact) mass is 373 g/mol. The van der Waals surface area contributed by atoms with Crippen LogP contribution in [0.3, 0.4) is 0 Å². The Hall–Kier alpha value is -3.35. The average molecular weight is 373 g/mol. The molecule has 7 heteroatoms. The molecule has 0 amide bonds. The Bertz CT molecular complexity index is 835. The number of ketones is 1. The number of ether oxygens (including phenoxy) is 5. The van der Waals surface area contributed by atoms with Gasteiger partial charge in [0.2, 0.25) is 0 Å². The highest BCUT2D eigenvalue weighted by molar-refractivity contribution is 6.12. The minimum atomic E-state index is -0.327. The molecule has 2 rings (SSSR count). The lowest BCUT2D eigenvalue weighted by Crippen LogP contribution is -2.05. The number of benzene rings is 2. The highest BCUT2D eigenvalue weighted by atomic mass is 16.5. The molecular formula is C20H23NO6. The largest absolute Gasteiger partial charge is 0.497 e. The minimum absolute atomic E-state index is 0.251. The molecule has 0 radical (unpaired) electrons. The molecule has 0 spiro atoms. The zero-order chi connectivity index (χ0) is 20.0. The van der Waals surface area contributed by atoms with E-state index >= 15 is 0 Å². The number of hydrogen-bond donors (Lipinski definition) is 1. The van der Waals surface area contributed by atoms with E-state index in [-0.39, 0.29) is 17.0 Å². The fraction of sp³-hybridized carbons (Fsp3) is 0.250. The zero-order valence-electron chi connectivity index (χ0n) is 16.0. The molecule has 0 aliphatic rings. The zero-order valence-corrected chi connectivity index (χ0v) is 16.0. The molecule has 27 heavy (non-hydrogen) atoms.